The number of carbonyl (C=O) groups is 2. The molecule has 0 aliphatic rings. The molecule has 122 valence electrons. The molecule has 5 heteroatoms. The summed E-state index contributed by atoms with van der Waals surface area (Å²) in [5.74, 6) is -0.0247. The van der Waals surface area contributed by atoms with Crippen molar-refractivity contribution in [3.05, 3.63) is 52.2 Å². The average Bonchev–Trinajstić information content (AvgIpc) is 3.05. The van der Waals surface area contributed by atoms with Crippen molar-refractivity contribution < 1.29 is 9.59 Å². The lowest BCUT2D eigenvalue weighted by Gasteiger charge is -2.26. The standard InChI is InChI=1S/C18H22N2O2S/c1-4-20(12-17-6-5-11-23-17)13(2)18(22)19-16-9-7-15(8-10-16)14(3)21/h5-11,13H,4,12H2,1-3H3,(H,19,22)/t13-/m0/s1. The number of Topliss-reactive ketones (excluding diaryl/α,β-unsaturated/α-hetero) is 1. The molecule has 2 rings (SSSR count). The van der Waals surface area contributed by atoms with Gasteiger partial charge in [0, 0.05) is 22.7 Å². The van der Waals surface area contributed by atoms with Crippen molar-refractivity contribution >= 4 is 28.7 Å². The molecular formula is C18H22N2O2S. The highest BCUT2D eigenvalue weighted by molar-refractivity contribution is 7.09. The highest BCUT2D eigenvalue weighted by atomic mass is 32.1. The molecule has 0 unspecified atom stereocenters. The van der Waals surface area contributed by atoms with Crippen LogP contribution in [0.5, 0.6) is 0 Å². The third kappa shape index (κ3) is 4.74. The largest absolute Gasteiger partial charge is 0.325 e. The Labute approximate surface area is 141 Å². The second-order valence-electron chi connectivity index (χ2n) is 5.44. The van der Waals surface area contributed by atoms with Gasteiger partial charge in [-0.25, -0.2) is 0 Å². The van der Waals surface area contributed by atoms with Gasteiger partial charge in [-0.15, -0.1) is 11.3 Å². The fraction of sp³-hybridized carbons (Fsp3) is 0.333. The first-order valence-electron chi connectivity index (χ1n) is 7.69. The lowest BCUT2D eigenvalue weighted by Crippen LogP contribution is -2.41. The fourth-order valence-corrected chi connectivity index (χ4v) is 3.06. The fourth-order valence-electron chi connectivity index (χ4n) is 2.33. The number of rotatable bonds is 7. The number of hydrogen-bond acceptors (Lipinski definition) is 4. The van der Waals surface area contributed by atoms with Crippen LogP contribution in [0.1, 0.15) is 36.0 Å². The maximum absolute atomic E-state index is 12.4. The van der Waals surface area contributed by atoms with E-state index in [1.807, 2.05) is 18.4 Å². The third-order valence-electron chi connectivity index (χ3n) is 3.83. The van der Waals surface area contributed by atoms with Crippen LogP contribution in [-0.2, 0) is 11.3 Å². The summed E-state index contributed by atoms with van der Waals surface area (Å²) in [5.41, 5.74) is 1.35. The molecular weight excluding hydrogens is 308 g/mol. The van der Waals surface area contributed by atoms with Crippen LogP contribution in [0.15, 0.2) is 41.8 Å². The van der Waals surface area contributed by atoms with Crippen LogP contribution < -0.4 is 5.32 Å². The topological polar surface area (TPSA) is 49.4 Å². The predicted octanol–water partition coefficient (Wildman–Crippen LogP) is 3.80. The van der Waals surface area contributed by atoms with Crippen molar-refractivity contribution in [2.24, 2.45) is 0 Å². The van der Waals surface area contributed by atoms with Crippen LogP contribution in [0.25, 0.3) is 0 Å². The molecule has 0 spiro atoms. The summed E-state index contributed by atoms with van der Waals surface area (Å²) in [6.45, 7) is 7.07. The Morgan fingerprint density at radius 2 is 1.91 bits per heavy atom. The van der Waals surface area contributed by atoms with E-state index in [0.717, 1.165) is 13.1 Å². The van der Waals surface area contributed by atoms with E-state index in [2.05, 4.69) is 23.2 Å². The third-order valence-corrected chi connectivity index (χ3v) is 4.69. The van der Waals surface area contributed by atoms with Crippen LogP contribution in [0.3, 0.4) is 0 Å². The van der Waals surface area contributed by atoms with Crippen molar-refractivity contribution in [2.45, 2.75) is 33.4 Å². The summed E-state index contributed by atoms with van der Waals surface area (Å²) in [7, 11) is 0. The molecule has 23 heavy (non-hydrogen) atoms. The molecule has 0 aliphatic carbocycles. The van der Waals surface area contributed by atoms with Gasteiger partial charge in [-0.1, -0.05) is 13.0 Å². The number of hydrogen-bond donors (Lipinski definition) is 1. The van der Waals surface area contributed by atoms with Gasteiger partial charge < -0.3 is 5.32 Å². The van der Waals surface area contributed by atoms with E-state index in [1.54, 1.807) is 35.6 Å². The quantitative estimate of drug-likeness (QED) is 0.786. The Kier molecular flexibility index (Phi) is 6.07. The summed E-state index contributed by atoms with van der Waals surface area (Å²) in [5, 5.41) is 4.96. The monoisotopic (exact) mass is 330 g/mol. The number of likely N-dealkylation sites (N-methyl/N-ethyl adjacent to an activating group) is 1. The zero-order chi connectivity index (χ0) is 16.8. The minimum atomic E-state index is -0.227. The second-order valence-corrected chi connectivity index (χ2v) is 6.47. The Morgan fingerprint density at radius 1 is 1.22 bits per heavy atom. The van der Waals surface area contributed by atoms with Gasteiger partial charge >= 0.3 is 0 Å². The number of thiophene rings is 1. The Hall–Kier alpha value is -1.98. The minimum absolute atomic E-state index is 0.0179. The first-order valence-corrected chi connectivity index (χ1v) is 8.57. The molecule has 4 nitrogen and oxygen atoms in total. The number of amides is 1. The normalized spacial score (nSPS) is 12.2. The smallest absolute Gasteiger partial charge is 0.241 e. The number of carbonyl (C=O) groups excluding carboxylic acids is 2. The highest BCUT2D eigenvalue weighted by Gasteiger charge is 2.20. The number of benzene rings is 1. The number of nitrogens with one attached hydrogen (secondary N) is 1. The van der Waals surface area contributed by atoms with Crippen molar-refractivity contribution in [3.63, 3.8) is 0 Å². The van der Waals surface area contributed by atoms with Gasteiger partial charge in [-0.05, 0) is 56.1 Å². The maximum Gasteiger partial charge on any atom is 0.241 e. The SMILES string of the molecule is CCN(Cc1cccs1)[C@@H](C)C(=O)Nc1ccc(C(C)=O)cc1. The second kappa shape index (κ2) is 8.04. The molecule has 0 bridgehead atoms. The Morgan fingerprint density at radius 3 is 2.43 bits per heavy atom. The van der Waals surface area contributed by atoms with Crippen molar-refractivity contribution in [2.75, 3.05) is 11.9 Å². The van der Waals surface area contributed by atoms with Crippen LogP contribution in [0.4, 0.5) is 5.69 Å². The van der Waals surface area contributed by atoms with E-state index in [-0.39, 0.29) is 17.7 Å². The van der Waals surface area contributed by atoms with Gasteiger partial charge in [0.05, 0.1) is 6.04 Å². The van der Waals surface area contributed by atoms with Gasteiger partial charge in [0.1, 0.15) is 0 Å². The van der Waals surface area contributed by atoms with E-state index in [9.17, 15) is 9.59 Å². The van der Waals surface area contributed by atoms with Gasteiger partial charge in [-0.3, -0.25) is 14.5 Å². The van der Waals surface area contributed by atoms with Gasteiger partial charge in [0.2, 0.25) is 5.91 Å². The van der Waals surface area contributed by atoms with Crippen molar-refractivity contribution in [1.29, 1.82) is 0 Å². The summed E-state index contributed by atoms with van der Waals surface area (Å²) in [4.78, 5) is 27.1. The Bertz CT molecular complexity index is 650. The molecule has 1 N–H and O–H groups in total. The van der Waals surface area contributed by atoms with Crippen LogP contribution in [-0.4, -0.2) is 29.2 Å². The average molecular weight is 330 g/mol. The highest BCUT2D eigenvalue weighted by Crippen LogP contribution is 2.15. The number of ketones is 1. The zero-order valence-corrected chi connectivity index (χ0v) is 14.5. The van der Waals surface area contributed by atoms with E-state index in [1.165, 1.54) is 11.8 Å². The molecule has 1 aromatic heterocycles. The van der Waals surface area contributed by atoms with E-state index in [0.29, 0.717) is 11.3 Å². The molecule has 1 heterocycles. The molecule has 2 aromatic rings. The molecule has 1 amide bonds. The van der Waals surface area contributed by atoms with Crippen molar-refractivity contribution in [3.8, 4) is 0 Å². The van der Waals surface area contributed by atoms with Gasteiger partial charge in [0.25, 0.3) is 0 Å². The van der Waals surface area contributed by atoms with Crippen molar-refractivity contribution in [1.82, 2.24) is 4.90 Å². The minimum Gasteiger partial charge on any atom is -0.325 e. The predicted molar refractivity (Wildman–Crippen MR) is 94.9 cm³/mol. The molecule has 0 saturated heterocycles. The molecule has 0 radical (unpaired) electrons. The molecule has 0 fully saturated rings. The van der Waals surface area contributed by atoms with Crippen LogP contribution in [0, 0.1) is 0 Å². The summed E-state index contributed by atoms with van der Waals surface area (Å²) >= 11 is 1.70. The number of nitrogens with zero attached hydrogens (tertiary/aromatic N) is 1. The number of anilines is 1. The first-order chi connectivity index (χ1) is 11.0. The summed E-state index contributed by atoms with van der Waals surface area (Å²) in [6, 6.07) is 10.9. The molecule has 0 aliphatic heterocycles. The lowest BCUT2D eigenvalue weighted by molar-refractivity contribution is -0.120. The Balaban J connectivity index is 1.98. The van der Waals surface area contributed by atoms with Gasteiger partial charge in [-0.2, -0.15) is 0 Å². The maximum atomic E-state index is 12.4. The van der Waals surface area contributed by atoms with Crippen LogP contribution >= 0.6 is 11.3 Å². The lowest BCUT2D eigenvalue weighted by atomic mass is 10.1. The molecule has 0 saturated carbocycles. The van der Waals surface area contributed by atoms with E-state index >= 15 is 0 Å². The van der Waals surface area contributed by atoms with E-state index < -0.39 is 0 Å². The molecule has 1 atom stereocenters. The van der Waals surface area contributed by atoms with E-state index in [4.69, 9.17) is 0 Å². The van der Waals surface area contributed by atoms with Crippen LogP contribution in [0.2, 0.25) is 0 Å². The zero-order valence-electron chi connectivity index (χ0n) is 13.7. The summed E-state index contributed by atoms with van der Waals surface area (Å²) in [6.07, 6.45) is 0. The van der Waals surface area contributed by atoms with Gasteiger partial charge in [0.15, 0.2) is 5.78 Å². The first kappa shape index (κ1) is 17.4. The summed E-state index contributed by atoms with van der Waals surface area (Å²) < 4.78 is 0. The molecule has 1 aromatic carbocycles.